The number of hydrogen-bond acceptors (Lipinski definition) is 2. The molecule has 0 fully saturated rings. The van der Waals surface area contributed by atoms with Crippen LogP contribution < -0.4 is 22.5 Å². The van der Waals surface area contributed by atoms with Gasteiger partial charge in [-0.3, -0.25) is 0 Å². The molecule has 3 N–H and O–H groups in total. The molecule has 3 aromatic carbocycles. The summed E-state index contributed by atoms with van der Waals surface area (Å²) in [6.45, 7) is 14.0. The predicted octanol–water partition coefficient (Wildman–Crippen LogP) is 2.00. The van der Waals surface area contributed by atoms with E-state index in [-0.39, 0.29) is 18.4 Å². The van der Waals surface area contributed by atoms with Crippen LogP contribution in [0.25, 0.3) is 0 Å². The second kappa shape index (κ2) is 11.5. The maximum atomic E-state index is 10.9. The van der Waals surface area contributed by atoms with E-state index >= 15 is 0 Å². The highest BCUT2D eigenvalue weighted by Gasteiger charge is 2.20. The van der Waals surface area contributed by atoms with Crippen LogP contribution >= 0.6 is 0 Å². The first-order valence-corrected chi connectivity index (χ1v) is 11.1. The van der Waals surface area contributed by atoms with Crippen molar-refractivity contribution in [2.45, 2.75) is 66.8 Å². The Morgan fingerprint density at radius 2 is 1.34 bits per heavy atom. The van der Waals surface area contributed by atoms with Crippen molar-refractivity contribution in [2.24, 2.45) is 0 Å². The van der Waals surface area contributed by atoms with Crippen LogP contribution in [0.3, 0.4) is 0 Å². The van der Waals surface area contributed by atoms with E-state index in [1.807, 2.05) is 25.1 Å². The molecular formula is C28H36ClNO2. The average Bonchev–Trinajstić information content (AvgIpc) is 2.75. The number of quaternary nitrogens is 1. The van der Waals surface area contributed by atoms with Crippen LogP contribution in [-0.4, -0.2) is 11.1 Å². The summed E-state index contributed by atoms with van der Waals surface area (Å²) >= 11 is 0. The zero-order chi connectivity index (χ0) is 22.5. The number of aliphatic hydroxyl groups excluding tert-OH is 1. The van der Waals surface area contributed by atoms with Gasteiger partial charge in [0.05, 0.1) is 0 Å². The fourth-order valence-electron chi connectivity index (χ4n) is 3.76. The van der Waals surface area contributed by atoms with Gasteiger partial charge in [0, 0.05) is 5.56 Å². The molecule has 3 nitrogen and oxygen atoms in total. The molecule has 172 valence electrons. The first-order chi connectivity index (χ1) is 14.7. The SMILES string of the molecule is Cc1ccc(C[NH2+]C(C)C(O)c2ccc(OCc3ccc(C)c(C)c3)c(C)c2)cc1C.[Cl-]. The summed E-state index contributed by atoms with van der Waals surface area (Å²) < 4.78 is 6.05. The first-order valence-electron chi connectivity index (χ1n) is 11.1. The molecule has 4 heteroatoms. The van der Waals surface area contributed by atoms with Crippen LogP contribution in [0, 0.1) is 34.6 Å². The third-order valence-electron chi connectivity index (χ3n) is 6.30. The molecule has 3 rings (SSSR count). The lowest BCUT2D eigenvalue weighted by Gasteiger charge is -2.19. The van der Waals surface area contributed by atoms with Gasteiger partial charge in [-0.1, -0.05) is 42.5 Å². The van der Waals surface area contributed by atoms with E-state index in [9.17, 15) is 5.11 Å². The van der Waals surface area contributed by atoms with Crippen LogP contribution in [0.1, 0.15) is 57.5 Å². The monoisotopic (exact) mass is 453 g/mol. The normalized spacial score (nSPS) is 12.7. The molecule has 2 atom stereocenters. The van der Waals surface area contributed by atoms with E-state index in [1.54, 1.807) is 0 Å². The molecule has 0 amide bonds. The minimum absolute atomic E-state index is 0. The molecular weight excluding hydrogens is 418 g/mol. The topological polar surface area (TPSA) is 46.1 Å². The Labute approximate surface area is 199 Å². The highest BCUT2D eigenvalue weighted by Crippen LogP contribution is 2.25. The van der Waals surface area contributed by atoms with E-state index in [4.69, 9.17) is 4.74 Å². The molecule has 3 aromatic rings. The van der Waals surface area contributed by atoms with Crippen molar-refractivity contribution >= 4 is 0 Å². The number of ether oxygens (including phenoxy) is 1. The Hall–Kier alpha value is -2.33. The standard InChI is InChI=1S/C28H35NO2.ClH/c1-18-7-9-24(13-20(18)3)16-29-23(6)28(30)26-11-12-27(22(5)15-26)31-17-25-10-8-19(2)21(4)14-25;/h7-15,23,28-30H,16-17H2,1-6H3;1H. The summed E-state index contributed by atoms with van der Waals surface area (Å²) in [4.78, 5) is 0. The molecule has 32 heavy (non-hydrogen) atoms. The summed E-state index contributed by atoms with van der Waals surface area (Å²) in [7, 11) is 0. The molecule has 0 aliphatic heterocycles. The number of benzene rings is 3. The average molecular weight is 454 g/mol. The van der Waals surface area contributed by atoms with Gasteiger partial charge in [0.1, 0.15) is 31.0 Å². The number of halogens is 1. The quantitative estimate of drug-likeness (QED) is 0.548. The van der Waals surface area contributed by atoms with Crippen LogP contribution in [0.5, 0.6) is 5.75 Å². The largest absolute Gasteiger partial charge is 1.00 e. The summed E-state index contributed by atoms with van der Waals surface area (Å²) in [6.07, 6.45) is -0.529. The van der Waals surface area contributed by atoms with Crippen molar-refractivity contribution in [3.05, 3.63) is 99.1 Å². The fraction of sp³-hybridized carbons (Fsp3) is 0.357. The lowest BCUT2D eigenvalue weighted by molar-refractivity contribution is -0.709. The Bertz CT molecular complexity index is 1050. The molecule has 0 aliphatic rings. The van der Waals surface area contributed by atoms with Crippen LogP contribution in [0.15, 0.2) is 54.6 Å². The van der Waals surface area contributed by atoms with E-state index in [1.165, 1.54) is 33.4 Å². The molecule has 0 saturated heterocycles. The Balaban J connectivity index is 0.00000363. The molecule has 0 aromatic heterocycles. The van der Waals surface area contributed by atoms with Crippen LogP contribution in [-0.2, 0) is 13.2 Å². The van der Waals surface area contributed by atoms with Gasteiger partial charge in [-0.2, -0.15) is 0 Å². The lowest BCUT2D eigenvalue weighted by atomic mass is 10.0. The van der Waals surface area contributed by atoms with Gasteiger partial charge in [-0.05, 0) is 92.6 Å². The highest BCUT2D eigenvalue weighted by atomic mass is 35.5. The third kappa shape index (κ3) is 6.59. The second-order valence-corrected chi connectivity index (χ2v) is 8.89. The van der Waals surface area contributed by atoms with Crippen molar-refractivity contribution in [3.63, 3.8) is 0 Å². The molecule has 2 unspecified atom stereocenters. The van der Waals surface area contributed by atoms with Crippen LogP contribution in [0.2, 0.25) is 0 Å². The third-order valence-corrected chi connectivity index (χ3v) is 6.30. The summed E-state index contributed by atoms with van der Waals surface area (Å²) in [6, 6.07) is 19.1. The van der Waals surface area contributed by atoms with Crippen molar-refractivity contribution in [1.82, 2.24) is 0 Å². The summed E-state index contributed by atoms with van der Waals surface area (Å²) in [5.74, 6) is 0.862. The zero-order valence-corrected chi connectivity index (χ0v) is 20.8. The molecule has 0 spiro atoms. The van der Waals surface area contributed by atoms with Gasteiger partial charge in [-0.25, -0.2) is 0 Å². The predicted molar refractivity (Wildman–Crippen MR) is 127 cm³/mol. The summed E-state index contributed by atoms with van der Waals surface area (Å²) in [5, 5.41) is 13.1. The molecule has 0 bridgehead atoms. The number of rotatable bonds is 8. The van der Waals surface area contributed by atoms with Crippen molar-refractivity contribution in [2.75, 3.05) is 0 Å². The van der Waals surface area contributed by atoms with Gasteiger partial charge in [0.2, 0.25) is 0 Å². The van der Waals surface area contributed by atoms with Crippen molar-refractivity contribution in [1.29, 1.82) is 0 Å². The van der Waals surface area contributed by atoms with Gasteiger partial charge in [0.15, 0.2) is 0 Å². The van der Waals surface area contributed by atoms with E-state index in [0.717, 1.165) is 23.4 Å². The Morgan fingerprint density at radius 1 is 0.750 bits per heavy atom. The van der Waals surface area contributed by atoms with Crippen LogP contribution in [0.4, 0.5) is 0 Å². The zero-order valence-electron chi connectivity index (χ0n) is 20.1. The van der Waals surface area contributed by atoms with Gasteiger partial charge in [0.25, 0.3) is 0 Å². The smallest absolute Gasteiger partial charge is 0.130 e. The summed E-state index contributed by atoms with van der Waals surface area (Å²) in [5.41, 5.74) is 9.62. The minimum atomic E-state index is -0.529. The lowest BCUT2D eigenvalue weighted by Crippen LogP contribution is -3.00. The molecule has 0 radical (unpaired) electrons. The highest BCUT2D eigenvalue weighted by molar-refractivity contribution is 5.38. The van der Waals surface area contributed by atoms with Gasteiger partial charge < -0.3 is 27.6 Å². The number of nitrogens with two attached hydrogens (primary N) is 1. The number of hydrogen-bond donors (Lipinski definition) is 2. The Kier molecular flexibility index (Phi) is 9.33. The molecule has 0 saturated carbocycles. The van der Waals surface area contributed by atoms with E-state index in [0.29, 0.717) is 6.61 Å². The van der Waals surface area contributed by atoms with E-state index < -0.39 is 6.10 Å². The van der Waals surface area contributed by atoms with E-state index in [2.05, 4.69) is 76.3 Å². The van der Waals surface area contributed by atoms with Gasteiger partial charge in [-0.15, -0.1) is 0 Å². The van der Waals surface area contributed by atoms with Crippen molar-refractivity contribution in [3.8, 4) is 5.75 Å². The second-order valence-electron chi connectivity index (χ2n) is 8.89. The number of aryl methyl sites for hydroxylation is 5. The van der Waals surface area contributed by atoms with Gasteiger partial charge >= 0.3 is 0 Å². The molecule has 0 aliphatic carbocycles. The Morgan fingerprint density at radius 3 is 1.94 bits per heavy atom. The molecule has 0 heterocycles. The first kappa shape index (κ1) is 25.9. The maximum Gasteiger partial charge on any atom is 0.130 e. The number of aliphatic hydroxyl groups is 1. The minimum Gasteiger partial charge on any atom is -1.00 e. The maximum absolute atomic E-state index is 10.9. The fourth-order valence-corrected chi connectivity index (χ4v) is 3.76. The van der Waals surface area contributed by atoms with Crippen molar-refractivity contribution < 1.29 is 27.6 Å².